The Bertz CT molecular complexity index is 508. The molecule has 1 atom stereocenters. The summed E-state index contributed by atoms with van der Waals surface area (Å²) in [5.41, 5.74) is -1.03. The van der Waals surface area contributed by atoms with Crippen LogP contribution in [0.4, 0.5) is 24.5 Å². The molecule has 96 valence electrons. The summed E-state index contributed by atoms with van der Waals surface area (Å²) in [7, 11) is 0. The SMILES string of the molecule is N#Cc1cc([NH+]([O-])O)ccc1NC(=O)C(F)(F)F. The predicted molar refractivity (Wildman–Crippen MR) is 51.6 cm³/mol. The minimum Gasteiger partial charge on any atom is -0.595 e. The fraction of sp³-hybridized carbons (Fsp3) is 0.111. The van der Waals surface area contributed by atoms with Crippen LogP contribution in [0, 0.1) is 16.5 Å². The Hall–Kier alpha value is -2.15. The smallest absolute Gasteiger partial charge is 0.471 e. The van der Waals surface area contributed by atoms with Crippen LogP contribution in [0.2, 0.25) is 0 Å². The second-order valence-electron chi connectivity index (χ2n) is 3.13. The van der Waals surface area contributed by atoms with Crippen molar-refractivity contribution in [1.29, 1.82) is 5.26 Å². The first-order chi connectivity index (χ1) is 8.25. The van der Waals surface area contributed by atoms with E-state index in [0.29, 0.717) is 0 Å². The van der Waals surface area contributed by atoms with Crippen LogP contribution in [0.5, 0.6) is 0 Å². The molecule has 0 bridgehead atoms. The van der Waals surface area contributed by atoms with Gasteiger partial charge in [0.25, 0.3) is 0 Å². The van der Waals surface area contributed by atoms with E-state index in [1.807, 2.05) is 0 Å². The highest BCUT2D eigenvalue weighted by molar-refractivity contribution is 5.96. The minimum atomic E-state index is -5.09. The van der Waals surface area contributed by atoms with E-state index in [-0.39, 0.29) is 11.3 Å². The maximum atomic E-state index is 12.0. The van der Waals surface area contributed by atoms with Gasteiger partial charge in [0.05, 0.1) is 11.3 Å². The standard InChI is InChI=1S/C9H6F3N3O3/c10-9(11,12)8(16)14-7-2-1-6(15(17)18)3-5(7)4-13/h1-3,15,17H,(H,14,16). The molecule has 0 aromatic heterocycles. The van der Waals surface area contributed by atoms with E-state index in [0.717, 1.165) is 18.2 Å². The van der Waals surface area contributed by atoms with E-state index >= 15 is 0 Å². The van der Waals surface area contributed by atoms with E-state index in [2.05, 4.69) is 0 Å². The number of carbonyl (C=O) groups is 1. The van der Waals surface area contributed by atoms with Gasteiger partial charge >= 0.3 is 12.1 Å². The van der Waals surface area contributed by atoms with E-state index < -0.39 is 23.0 Å². The molecule has 0 spiro atoms. The zero-order valence-electron chi connectivity index (χ0n) is 8.58. The number of nitriles is 1. The van der Waals surface area contributed by atoms with Gasteiger partial charge in [-0.1, -0.05) is 0 Å². The number of quaternary nitrogens is 1. The van der Waals surface area contributed by atoms with Gasteiger partial charge in [0.2, 0.25) is 0 Å². The molecule has 0 radical (unpaired) electrons. The summed E-state index contributed by atoms with van der Waals surface area (Å²) in [4.78, 5) is 10.7. The van der Waals surface area contributed by atoms with Gasteiger partial charge < -0.3 is 10.5 Å². The molecular weight excluding hydrogens is 255 g/mol. The molecule has 0 aliphatic carbocycles. The summed E-state index contributed by atoms with van der Waals surface area (Å²) in [6.45, 7) is 0. The van der Waals surface area contributed by atoms with Gasteiger partial charge in [0.1, 0.15) is 6.07 Å². The third-order valence-electron chi connectivity index (χ3n) is 1.89. The van der Waals surface area contributed by atoms with Crippen molar-refractivity contribution in [2.24, 2.45) is 0 Å². The van der Waals surface area contributed by atoms with Gasteiger partial charge in [-0.3, -0.25) is 4.79 Å². The molecule has 0 saturated heterocycles. The number of benzene rings is 1. The number of rotatable bonds is 2. The Morgan fingerprint density at radius 1 is 1.50 bits per heavy atom. The van der Waals surface area contributed by atoms with Crippen molar-refractivity contribution in [3.8, 4) is 6.07 Å². The predicted octanol–water partition coefficient (Wildman–Crippen LogP) is 0.462. The van der Waals surface area contributed by atoms with E-state index in [4.69, 9.17) is 10.5 Å². The molecule has 3 N–H and O–H groups in total. The highest BCUT2D eigenvalue weighted by Gasteiger charge is 2.39. The monoisotopic (exact) mass is 261 g/mol. The zero-order valence-corrected chi connectivity index (χ0v) is 8.58. The Morgan fingerprint density at radius 3 is 2.56 bits per heavy atom. The van der Waals surface area contributed by atoms with Crippen LogP contribution in [0.3, 0.4) is 0 Å². The average Bonchev–Trinajstić information content (AvgIpc) is 2.27. The molecule has 0 heterocycles. The van der Waals surface area contributed by atoms with Crippen molar-refractivity contribution >= 4 is 17.3 Å². The number of carbonyl (C=O) groups excluding carboxylic acids is 1. The Balaban J connectivity index is 3.05. The van der Waals surface area contributed by atoms with Gasteiger partial charge in [-0.15, -0.1) is 0 Å². The summed E-state index contributed by atoms with van der Waals surface area (Å²) in [5, 5.41) is 28.0. The van der Waals surface area contributed by atoms with Gasteiger partial charge in [-0.05, 0) is 6.07 Å². The number of alkyl halides is 3. The largest absolute Gasteiger partial charge is 0.595 e. The number of hydrogen-bond donors (Lipinski definition) is 3. The summed E-state index contributed by atoms with van der Waals surface area (Å²) in [6.07, 6.45) is -5.09. The summed E-state index contributed by atoms with van der Waals surface area (Å²) < 4.78 is 36.0. The molecule has 0 aliphatic rings. The highest BCUT2D eigenvalue weighted by Crippen LogP contribution is 2.22. The lowest BCUT2D eigenvalue weighted by Gasteiger charge is -2.13. The van der Waals surface area contributed by atoms with E-state index in [1.165, 1.54) is 11.4 Å². The number of nitrogens with zero attached hydrogens (tertiary/aromatic N) is 1. The van der Waals surface area contributed by atoms with Crippen LogP contribution in [-0.2, 0) is 4.79 Å². The van der Waals surface area contributed by atoms with E-state index in [1.54, 1.807) is 0 Å². The topological polar surface area (TPSA) is 101 Å². The van der Waals surface area contributed by atoms with Crippen LogP contribution in [0.15, 0.2) is 18.2 Å². The molecule has 0 saturated carbocycles. The van der Waals surface area contributed by atoms with Gasteiger partial charge in [0.15, 0.2) is 5.69 Å². The first-order valence-corrected chi connectivity index (χ1v) is 4.41. The Morgan fingerprint density at radius 2 is 2.11 bits per heavy atom. The lowest BCUT2D eigenvalue weighted by molar-refractivity contribution is -0.991. The molecule has 6 nitrogen and oxygen atoms in total. The molecule has 1 amide bonds. The van der Waals surface area contributed by atoms with Gasteiger partial charge in [-0.2, -0.15) is 23.7 Å². The van der Waals surface area contributed by atoms with Crippen molar-refractivity contribution in [2.45, 2.75) is 6.18 Å². The normalized spacial score (nSPS) is 12.7. The number of nitrogens with one attached hydrogen (secondary N) is 2. The van der Waals surface area contributed by atoms with Crippen molar-refractivity contribution in [3.05, 3.63) is 29.0 Å². The summed E-state index contributed by atoms with van der Waals surface area (Å²) in [5.74, 6) is -2.23. The lowest BCUT2D eigenvalue weighted by atomic mass is 10.1. The van der Waals surface area contributed by atoms with Gasteiger partial charge in [0, 0.05) is 12.1 Å². The number of hydrogen-bond acceptors (Lipinski definition) is 4. The minimum absolute atomic E-state index is 0.267. The molecule has 9 heteroatoms. The quantitative estimate of drug-likeness (QED) is 0.673. The summed E-state index contributed by atoms with van der Waals surface area (Å²) in [6, 6.07) is 4.28. The Kier molecular flexibility index (Phi) is 3.87. The zero-order chi connectivity index (χ0) is 13.9. The van der Waals surface area contributed by atoms with E-state index in [9.17, 15) is 23.2 Å². The fourth-order valence-corrected chi connectivity index (χ4v) is 1.07. The molecule has 18 heavy (non-hydrogen) atoms. The third-order valence-corrected chi connectivity index (χ3v) is 1.89. The third kappa shape index (κ3) is 3.17. The Labute approximate surface area is 98.4 Å². The summed E-state index contributed by atoms with van der Waals surface area (Å²) >= 11 is 0. The highest BCUT2D eigenvalue weighted by atomic mass is 19.4. The molecule has 1 aromatic carbocycles. The van der Waals surface area contributed by atoms with Crippen molar-refractivity contribution in [2.75, 3.05) is 5.32 Å². The van der Waals surface area contributed by atoms with Crippen molar-refractivity contribution in [3.63, 3.8) is 0 Å². The van der Waals surface area contributed by atoms with Crippen molar-refractivity contribution in [1.82, 2.24) is 0 Å². The molecule has 1 unspecified atom stereocenters. The second-order valence-corrected chi connectivity index (χ2v) is 3.13. The van der Waals surface area contributed by atoms with Crippen molar-refractivity contribution < 1.29 is 28.4 Å². The number of halogens is 3. The van der Waals surface area contributed by atoms with Crippen LogP contribution in [0.25, 0.3) is 0 Å². The fourth-order valence-electron chi connectivity index (χ4n) is 1.07. The number of amides is 1. The first kappa shape index (κ1) is 13.9. The second kappa shape index (κ2) is 5.01. The molecule has 0 fully saturated rings. The molecule has 0 aliphatic heterocycles. The van der Waals surface area contributed by atoms with Crippen LogP contribution >= 0.6 is 0 Å². The molecular formula is C9H6F3N3O3. The first-order valence-electron chi connectivity index (χ1n) is 4.41. The number of anilines is 1. The average molecular weight is 261 g/mol. The van der Waals surface area contributed by atoms with Crippen LogP contribution in [0.1, 0.15) is 5.56 Å². The molecule has 1 aromatic rings. The lowest BCUT2D eigenvalue weighted by Crippen LogP contribution is -2.99. The maximum Gasteiger partial charge on any atom is 0.471 e. The van der Waals surface area contributed by atoms with Crippen LogP contribution in [-0.4, -0.2) is 17.3 Å². The van der Waals surface area contributed by atoms with Crippen LogP contribution < -0.4 is 10.5 Å². The maximum absolute atomic E-state index is 12.0. The van der Waals surface area contributed by atoms with Gasteiger partial charge in [-0.25, -0.2) is 5.21 Å². The molecule has 1 rings (SSSR count).